The highest BCUT2D eigenvalue weighted by molar-refractivity contribution is 6.23. The summed E-state index contributed by atoms with van der Waals surface area (Å²) in [6, 6.07) is 71.8. The number of hydrogen-bond donors (Lipinski definition) is 0. The van der Waals surface area contributed by atoms with Crippen molar-refractivity contribution in [2.45, 2.75) is 0 Å². The Morgan fingerprint density at radius 3 is 1.29 bits per heavy atom. The Morgan fingerprint density at radius 1 is 0.333 bits per heavy atom. The maximum absolute atomic E-state index is 4.81. The van der Waals surface area contributed by atoms with Gasteiger partial charge in [-0.15, -0.1) is 0 Å². The van der Waals surface area contributed by atoms with Crippen LogP contribution in [0.5, 0.6) is 0 Å². The molecule has 6 heterocycles. The van der Waals surface area contributed by atoms with Gasteiger partial charge in [-0.05, 0) is 109 Å². The highest BCUT2D eigenvalue weighted by Gasteiger charge is 2.24. The maximum atomic E-state index is 4.81. The van der Waals surface area contributed by atoms with E-state index in [1.165, 1.54) is 49.0 Å². The molecule has 0 unspecified atom stereocenters. The first kappa shape index (κ1) is 48.3. The van der Waals surface area contributed by atoms with Crippen molar-refractivity contribution < 1.29 is 0 Å². The van der Waals surface area contributed by atoms with E-state index in [4.69, 9.17) is 4.98 Å². The first-order valence-corrected chi connectivity index (χ1v) is 25.9. The van der Waals surface area contributed by atoms with Crippen LogP contribution in [0.3, 0.4) is 0 Å². The Balaban J connectivity index is 0.000000118. The van der Waals surface area contributed by atoms with Gasteiger partial charge in [0.2, 0.25) is 5.78 Å². The van der Waals surface area contributed by atoms with E-state index in [2.05, 4.69) is 243 Å². The van der Waals surface area contributed by atoms with Gasteiger partial charge in [0.25, 0.3) is 0 Å². The van der Waals surface area contributed by atoms with E-state index >= 15 is 0 Å². The third-order valence-electron chi connectivity index (χ3n) is 14.4. The molecule has 0 saturated carbocycles. The van der Waals surface area contributed by atoms with Gasteiger partial charge in [0, 0.05) is 55.4 Å². The van der Waals surface area contributed by atoms with E-state index in [0.717, 1.165) is 73.0 Å². The molecule has 78 heavy (non-hydrogen) atoms. The summed E-state index contributed by atoms with van der Waals surface area (Å²) in [5.41, 5.74) is 17.8. The number of hydrogen-bond acceptors (Lipinski definition) is 1. The average molecular weight is 1010 g/mol. The molecule has 8 aromatic carbocycles. The smallest absolute Gasteiger partial charge is 0.220 e. The fourth-order valence-corrected chi connectivity index (χ4v) is 11.3. The van der Waals surface area contributed by atoms with Gasteiger partial charge in [0.05, 0.1) is 55.2 Å². The first-order valence-electron chi connectivity index (χ1n) is 25.9. The Labute approximate surface area is 452 Å². The van der Waals surface area contributed by atoms with Crippen LogP contribution in [-0.2, 0) is 0 Å². The lowest BCUT2D eigenvalue weighted by Gasteiger charge is -2.13. The van der Waals surface area contributed by atoms with Gasteiger partial charge in [-0.25, -0.2) is 4.98 Å². The zero-order chi connectivity index (χ0) is 53.3. The van der Waals surface area contributed by atoms with Crippen molar-refractivity contribution in [3.63, 3.8) is 0 Å². The standard InChI is InChI=1S/2C26H20N2.C19H15N3/c1-3-12-19(4-2)27-23-17-10-8-15-21(23)26-25(27)22-16-9-11-18-24(22)28(26)20-13-6-5-7-14-20;1-3-12-19(4-2)27-23-17-10-8-15-21(23)25-22-16-9-11-18-24(22)28(26(25)27)20-13-6-5-7-14-20;1-3-9-14(4-2)21-17-12-7-8-13-18(17)22-16-11-6-5-10-15(16)20-19(21)22/h2*3-18H,1-2H2;3-13H,1-2H2/b2*19-12+;14-9+. The lowest BCUT2D eigenvalue weighted by atomic mass is 10.1. The third kappa shape index (κ3) is 7.80. The highest BCUT2D eigenvalue weighted by atomic mass is 15.2. The van der Waals surface area contributed by atoms with Crippen molar-refractivity contribution in [2.75, 3.05) is 0 Å². The number of imidazole rings is 2. The second kappa shape index (κ2) is 20.6. The molecular formula is C71H55N7. The van der Waals surface area contributed by atoms with Crippen molar-refractivity contribution in [1.29, 1.82) is 0 Å². The van der Waals surface area contributed by atoms with Crippen LogP contribution >= 0.6 is 0 Å². The highest BCUT2D eigenvalue weighted by Crippen LogP contribution is 2.42. The lowest BCUT2D eigenvalue weighted by molar-refractivity contribution is 1.09. The van der Waals surface area contributed by atoms with E-state index in [9.17, 15) is 0 Å². The molecule has 0 fully saturated rings. The Bertz CT molecular complexity index is 4760. The maximum Gasteiger partial charge on any atom is 0.220 e. The van der Waals surface area contributed by atoms with Gasteiger partial charge in [0.1, 0.15) is 5.65 Å². The number of nitrogens with zero attached hydrogens (tertiary/aromatic N) is 7. The van der Waals surface area contributed by atoms with E-state index < -0.39 is 0 Å². The van der Waals surface area contributed by atoms with Gasteiger partial charge in [-0.1, -0.05) is 191 Å². The summed E-state index contributed by atoms with van der Waals surface area (Å²) < 4.78 is 13.6. The minimum absolute atomic E-state index is 0.885. The van der Waals surface area contributed by atoms with Gasteiger partial charge >= 0.3 is 0 Å². The molecule has 0 amide bonds. The topological polar surface area (TPSA) is 42.0 Å². The predicted molar refractivity (Wildman–Crippen MR) is 335 cm³/mol. The Kier molecular flexibility index (Phi) is 12.8. The summed E-state index contributed by atoms with van der Waals surface area (Å²) in [5, 5.41) is 6.18. The molecule has 6 aromatic heterocycles. The SMILES string of the molecule is C=C/C=C(\C=C)n1c2ccccc2c2c1c1ccccc1n2-c1ccccc1.C=C/C=C(\C=C)n1c2ccccc2c2c3ccccc3n(-c3ccccc3)c21.C=C/C=C(\C=C)n1c2ccccc2n2c3ccccc3nc12. The number of rotatable bonds is 11. The van der Waals surface area contributed by atoms with Crippen LogP contribution in [0, 0.1) is 0 Å². The fraction of sp³-hybridized carbons (Fsp3) is 0. The molecule has 0 bridgehead atoms. The summed E-state index contributed by atoms with van der Waals surface area (Å²) in [6.07, 6.45) is 17.0. The fourth-order valence-electron chi connectivity index (χ4n) is 11.3. The molecule has 374 valence electrons. The van der Waals surface area contributed by atoms with Crippen molar-refractivity contribution >= 4 is 111 Å². The van der Waals surface area contributed by atoms with Crippen molar-refractivity contribution in [2.24, 2.45) is 0 Å². The zero-order valence-electron chi connectivity index (χ0n) is 43.2. The van der Waals surface area contributed by atoms with Crippen LogP contribution < -0.4 is 0 Å². The normalized spacial score (nSPS) is 12.1. The van der Waals surface area contributed by atoms with E-state index in [1.807, 2.05) is 78.9 Å². The van der Waals surface area contributed by atoms with E-state index in [-0.39, 0.29) is 0 Å². The second-order valence-corrected chi connectivity index (χ2v) is 18.6. The van der Waals surface area contributed by atoms with Gasteiger partial charge in [0.15, 0.2) is 0 Å². The number of fused-ring (bicyclic) bond motifs is 15. The number of allylic oxidation sites excluding steroid dienone is 12. The molecule has 0 spiro atoms. The van der Waals surface area contributed by atoms with E-state index in [0.29, 0.717) is 0 Å². The number of benzene rings is 8. The molecule has 0 N–H and O–H groups in total. The van der Waals surface area contributed by atoms with Crippen molar-refractivity contribution in [3.8, 4) is 11.4 Å². The quantitative estimate of drug-likeness (QED) is 0.119. The molecule has 0 aliphatic rings. The van der Waals surface area contributed by atoms with Crippen LogP contribution in [0.1, 0.15) is 0 Å². The van der Waals surface area contributed by atoms with Crippen molar-refractivity contribution in [3.05, 3.63) is 300 Å². The lowest BCUT2D eigenvalue weighted by Crippen LogP contribution is -2.01. The van der Waals surface area contributed by atoms with Crippen LogP contribution in [0.4, 0.5) is 0 Å². The molecule has 7 heteroatoms. The minimum Gasteiger partial charge on any atom is -0.307 e. The van der Waals surface area contributed by atoms with Gasteiger partial charge in [-0.2, -0.15) is 0 Å². The summed E-state index contributed by atoms with van der Waals surface area (Å²) >= 11 is 0. The van der Waals surface area contributed by atoms with Gasteiger partial charge < -0.3 is 9.13 Å². The molecule has 14 rings (SSSR count). The number of para-hydroxylation sites is 10. The zero-order valence-corrected chi connectivity index (χ0v) is 43.2. The summed E-state index contributed by atoms with van der Waals surface area (Å²) in [6.45, 7) is 23.6. The second-order valence-electron chi connectivity index (χ2n) is 18.6. The largest absolute Gasteiger partial charge is 0.307 e. The molecule has 14 aromatic rings. The van der Waals surface area contributed by atoms with Crippen LogP contribution in [0.25, 0.3) is 122 Å². The molecule has 0 saturated heterocycles. The van der Waals surface area contributed by atoms with Crippen LogP contribution in [0.2, 0.25) is 0 Å². The summed E-state index contributed by atoms with van der Waals surface area (Å²) in [5.74, 6) is 0.885. The molecule has 0 aliphatic heterocycles. The minimum atomic E-state index is 0.885. The monoisotopic (exact) mass is 1010 g/mol. The van der Waals surface area contributed by atoms with Gasteiger partial charge in [-0.3, -0.25) is 18.1 Å². The number of aromatic nitrogens is 7. The average Bonchev–Trinajstić information content (AvgIpc) is 4.38. The Morgan fingerprint density at radius 2 is 0.731 bits per heavy atom. The molecule has 7 nitrogen and oxygen atoms in total. The molecular weight excluding hydrogens is 951 g/mol. The first-order chi connectivity index (χ1) is 38.5. The molecule has 0 radical (unpaired) electrons. The third-order valence-corrected chi connectivity index (χ3v) is 14.4. The van der Waals surface area contributed by atoms with Crippen LogP contribution in [0.15, 0.2) is 300 Å². The Hall–Kier alpha value is -10.6. The van der Waals surface area contributed by atoms with E-state index in [1.54, 1.807) is 6.08 Å². The predicted octanol–water partition coefficient (Wildman–Crippen LogP) is 18.6. The summed E-state index contributed by atoms with van der Waals surface area (Å²) in [7, 11) is 0. The van der Waals surface area contributed by atoms with Crippen molar-refractivity contribution in [1.82, 2.24) is 32.2 Å². The molecule has 0 aliphatic carbocycles. The molecule has 0 atom stereocenters. The summed E-state index contributed by atoms with van der Waals surface area (Å²) in [4.78, 5) is 4.81. The van der Waals surface area contributed by atoms with Crippen LogP contribution in [-0.4, -0.2) is 32.2 Å².